The molecule has 6 aromatic rings. The smallest absolute Gasteiger partial charge is 0.161 e. The summed E-state index contributed by atoms with van der Waals surface area (Å²) < 4.78 is 0. The topological polar surface area (TPSA) is 75.6 Å². The van der Waals surface area contributed by atoms with Crippen molar-refractivity contribution in [2.75, 3.05) is 23.7 Å². The lowest BCUT2D eigenvalue weighted by Gasteiger charge is -2.13. The summed E-state index contributed by atoms with van der Waals surface area (Å²) in [5.74, 6) is 0. The number of nitrogens with one attached hydrogen (secondary N) is 2. The molecule has 4 heterocycles. The predicted octanol–water partition coefficient (Wildman–Crippen LogP) is 9.30. The molecule has 0 fully saturated rings. The van der Waals surface area contributed by atoms with Crippen molar-refractivity contribution in [3.8, 4) is 0 Å². The van der Waals surface area contributed by atoms with Gasteiger partial charge in [-0.1, -0.05) is 87.8 Å². The molecule has 0 amide bonds. The van der Waals surface area contributed by atoms with Crippen LogP contribution in [0.5, 0.6) is 0 Å². The van der Waals surface area contributed by atoms with E-state index in [1.165, 1.54) is 86.4 Å². The molecule has 0 aliphatic carbocycles. The van der Waals surface area contributed by atoms with E-state index in [-0.39, 0.29) is 0 Å². The number of aromatic nitrogens is 4. The lowest BCUT2D eigenvalue weighted by Crippen LogP contribution is -2.04. The molecule has 0 saturated carbocycles. The molecule has 0 aliphatic rings. The zero-order chi connectivity index (χ0) is 28.4. The average Bonchev–Trinajstić information content (AvgIpc) is 3.04. The van der Waals surface area contributed by atoms with Gasteiger partial charge in [0, 0.05) is 47.0 Å². The van der Waals surface area contributed by atoms with Gasteiger partial charge in [0.15, 0.2) is 11.3 Å². The van der Waals surface area contributed by atoms with Crippen molar-refractivity contribution in [3.63, 3.8) is 0 Å². The lowest BCUT2D eigenvalue weighted by molar-refractivity contribution is 0.557. The van der Waals surface area contributed by atoms with Crippen molar-refractivity contribution in [3.05, 3.63) is 85.2 Å². The van der Waals surface area contributed by atoms with E-state index in [0.29, 0.717) is 0 Å². The summed E-state index contributed by atoms with van der Waals surface area (Å²) in [6.45, 7) is 1.96. The summed E-state index contributed by atoms with van der Waals surface area (Å²) in [6, 6.07) is 24.9. The van der Waals surface area contributed by atoms with Crippen LogP contribution in [-0.2, 0) is 0 Å². The number of unbranched alkanes of at least 4 members (excludes halogenated alkanes) is 9. The van der Waals surface area contributed by atoms with Crippen LogP contribution >= 0.6 is 0 Å². The van der Waals surface area contributed by atoms with E-state index in [0.717, 1.165) is 46.2 Å². The summed E-state index contributed by atoms with van der Waals surface area (Å²) in [5, 5.41) is 11.9. The van der Waals surface area contributed by atoms with Gasteiger partial charge in [-0.15, -0.1) is 0 Å². The van der Waals surface area contributed by atoms with Crippen LogP contribution in [0.25, 0.3) is 43.9 Å². The highest BCUT2D eigenvalue weighted by atomic mass is 14.9. The Morgan fingerprint density at radius 2 is 0.786 bits per heavy atom. The Bertz CT molecular complexity index is 1530. The third kappa shape index (κ3) is 6.59. The van der Waals surface area contributed by atoms with E-state index in [1.54, 1.807) is 0 Å². The Morgan fingerprint density at radius 1 is 0.405 bits per heavy atom. The first kappa shape index (κ1) is 27.8. The Balaban J connectivity index is 0.846. The maximum atomic E-state index is 4.73. The SMILES string of the molecule is c1ccc2c(NCCCCCCCCCCCCNc3c4ccccc4nc4ncccc34)c3cccnc3nc2c1. The number of nitrogens with zero attached hydrogens (tertiary/aromatic N) is 4. The van der Waals surface area contributed by atoms with Crippen molar-refractivity contribution < 1.29 is 0 Å². The first-order chi connectivity index (χ1) is 20.9. The monoisotopic (exact) mass is 556 g/mol. The van der Waals surface area contributed by atoms with Gasteiger partial charge in [0.1, 0.15) is 0 Å². The predicted molar refractivity (Wildman–Crippen MR) is 177 cm³/mol. The van der Waals surface area contributed by atoms with E-state index < -0.39 is 0 Å². The zero-order valence-electron chi connectivity index (χ0n) is 24.4. The second-order valence-electron chi connectivity index (χ2n) is 11.1. The quantitative estimate of drug-likeness (QED) is 0.0969. The largest absolute Gasteiger partial charge is 0.384 e. The summed E-state index contributed by atoms with van der Waals surface area (Å²) in [6.07, 6.45) is 16.5. The first-order valence-corrected chi connectivity index (χ1v) is 15.6. The van der Waals surface area contributed by atoms with Crippen LogP contribution in [0.4, 0.5) is 11.4 Å². The normalized spacial score (nSPS) is 11.5. The molecule has 4 aromatic heterocycles. The molecule has 42 heavy (non-hydrogen) atoms. The van der Waals surface area contributed by atoms with Crippen LogP contribution < -0.4 is 10.6 Å². The number of hydrogen-bond donors (Lipinski definition) is 2. The van der Waals surface area contributed by atoms with Crippen LogP contribution in [0.2, 0.25) is 0 Å². The van der Waals surface area contributed by atoms with Crippen molar-refractivity contribution in [2.24, 2.45) is 0 Å². The molecule has 0 aliphatic heterocycles. The van der Waals surface area contributed by atoms with E-state index in [1.807, 2.05) is 36.7 Å². The second-order valence-corrected chi connectivity index (χ2v) is 11.1. The summed E-state index contributed by atoms with van der Waals surface area (Å²) >= 11 is 0. The number of para-hydroxylation sites is 2. The molecule has 0 radical (unpaired) electrons. The molecule has 0 saturated heterocycles. The van der Waals surface area contributed by atoms with Gasteiger partial charge in [0.25, 0.3) is 0 Å². The molecule has 6 nitrogen and oxygen atoms in total. The molecule has 0 spiro atoms. The number of pyridine rings is 4. The molecule has 214 valence electrons. The maximum Gasteiger partial charge on any atom is 0.161 e. The maximum absolute atomic E-state index is 4.73. The fourth-order valence-electron chi connectivity index (χ4n) is 5.92. The second kappa shape index (κ2) is 14.0. The van der Waals surface area contributed by atoms with Gasteiger partial charge in [-0.05, 0) is 49.2 Å². The van der Waals surface area contributed by atoms with Crippen LogP contribution in [0.15, 0.2) is 85.2 Å². The summed E-state index contributed by atoms with van der Waals surface area (Å²) in [5.41, 5.74) is 5.94. The van der Waals surface area contributed by atoms with E-state index in [9.17, 15) is 0 Å². The van der Waals surface area contributed by atoms with Crippen molar-refractivity contribution >= 4 is 55.2 Å². The molecule has 6 heteroatoms. The van der Waals surface area contributed by atoms with Gasteiger partial charge < -0.3 is 10.6 Å². The highest BCUT2D eigenvalue weighted by Gasteiger charge is 2.10. The summed E-state index contributed by atoms with van der Waals surface area (Å²) in [4.78, 5) is 18.4. The van der Waals surface area contributed by atoms with Crippen molar-refractivity contribution in [1.29, 1.82) is 0 Å². The molecule has 0 atom stereocenters. The number of benzene rings is 2. The Morgan fingerprint density at radius 3 is 1.24 bits per heavy atom. The standard InChI is InChI=1S/C36H40N6/c1(3-5-7-13-23-37-33-27-17-9-11-21-31(27)41-35-29(33)19-15-25-39-35)2-4-6-8-14-24-38-34-28-18-10-12-22-32(28)42-36-30(34)20-16-26-40-36/h9-12,15-22,25-26H,1-8,13-14,23-24H2,(H,37,39,41)(H,38,40,42). The third-order valence-corrected chi connectivity index (χ3v) is 8.12. The molecule has 6 rings (SSSR count). The van der Waals surface area contributed by atoms with Gasteiger partial charge in [0.05, 0.1) is 22.4 Å². The number of hydrogen-bond acceptors (Lipinski definition) is 6. The van der Waals surface area contributed by atoms with Crippen LogP contribution in [0.1, 0.15) is 64.2 Å². The molecule has 0 unspecified atom stereocenters. The number of anilines is 2. The Hall–Kier alpha value is -4.32. The molecule has 0 bridgehead atoms. The van der Waals surface area contributed by atoms with E-state index >= 15 is 0 Å². The summed E-state index contributed by atoms with van der Waals surface area (Å²) in [7, 11) is 0. The fraction of sp³-hybridized carbons (Fsp3) is 0.333. The van der Waals surface area contributed by atoms with E-state index in [4.69, 9.17) is 9.97 Å². The van der Waals surface area contributed by atoms with Crippen LogP contribution in [0, 0.1) is 0 Å². The van der Waals surface area contributed by atoms with Crippen LogP contribution in [0.3, 0.4) is 0 Å². The van der Waals surface area contributed by atoms with Gasteiger partial charge >= 0.3 is 0 Å². The van der Waals surface area contributed by atoms with Gasteiger partial charge in [-0.25, -0.2) is 19.9 Å². The fourth-order valence-corrected chi connectivity index (χ4v) is 5.92. The first-order valence-electron chi connectivity index (χ1n) is 15.6. The molecular weight excluding hydrogens is 516 g/mol. The number of rotatable bonds is 15. The third-order valence-electron chi connectivity index (χ3n) is 8.12. The lowest BCUT2D eigenvalue weighted by atomic mass is 10.1. The minimum Gasteiger partial charge on any atom is -0.384 e. The zero-order valence-corrected chi connectivity index (χ0v) is 24.4. The number of fused-ring (bicyclic) bond motifs is 4. The van der Waals surface area contributed by atoms with Crippen molar-refractivity contribution in [1.82, 2.24) is 19.9 Å². The minimum absolute atomic E-state index is 0.809. The highest BCUT2D eigenvalue weighted by molar-refractivity contribution is 6.07. The molecular formula is C36H40N6. The van der Waals surface area contributed by atoms with E-state index in [2.05, 4.69) is 69.1 Å². The van der Waals surface area contributed by atoms with Crippen molar-refractivity contribution in [2.45, 2.75) is 64.2 Å². The van der Waals surface area contributed by atoms with Gasteiger partial charge in [-0.2, -0.15) is 0 Å². The molecule has 2 N–H and O–H groups in total. The van der Waals surface area contributed by atoms with Crippen LogP contribution in [-0.4, -0.2) is 33.0 Å². The highest BCUT2D eigenvalue weighted by Crippen LogP contribution is 2.31. The molecule has 2 aromatic carbocycles. The Labute approximate surface area is 248 Å². The van der Waals surface area contributed by atoms with Gasteiger partial charge in [-0.3, -0.25) is 0 Å². The Kier molecular flexibility index (Phi) is 9.30. The average molecular weight is 557 g/mol. The minimum atomic E-state index is 0.809. The van der Waals surface area contributed by atoms with Gasteiger partial charge in [0.2, 0.25) is 0 Å².